The molecule has 0 fully saturated rings. The number of carboxylic acids is 1. The minimum absolute atomic E-state index is 0.0715. The van der Waals surface area contributed by atoms with Crippen LogP contribution in [0.2, 0.25) is 0 Å². The second-order valence-corrected chi connectivity index (χ2v) is 8.39. The van der Waals surface area contributed by atoms with Gasteiger partial charge in [0.25, 0.3) is 0 Å². The number of carbonyl (C=O) groups is 3. The molecule has 0 unspecified atom stereocenters. The standard InChI is InChI=1S/C22H24N2O5S/c1-5-24(13(2)25)21-23-16(12-30-21)10-15-7-6-14-11-17(8-9-18(14)19(15)26)29-22(3,4)20(27)28/h8-12H,5-7H2,1-4H3,(H,27,28)/b15-10-. The number of fused-ring (bicyclic) bond motifs is 1. The molecule has 1 heterocycles. The molecular formula is C22H24N2O5S. The molecule has 0 radical (unpaired) electrons. The van der Waals surface area contributed by atoms with E-state index in [9.17, 15) is 19.5 Å². The Bertz CT molecular complexity index is 1040. The maximum Gasteiger partial charge on any atom is 0.347 e. The maximum atomic E-state index is 12.9. The topological polar surface area (TPSA) is 96.8 Å². The number of aromatic nitrogens is 1. The maximum absolute atomic E-state index is 12.9. The van der Waals surface area contributed by atoms with Crippen molar-refractivity contribution in [2.24, 2.45) is 0 Å². The number of amides is 1. The van der Waals surface area contributed by atoms with Crippen LogP contribution in [0.15, 0.2) is 29.2 Å². The van der Waals surface area contributed by atoms with Gasteiger partial charge >= 0.3 is 5.97 Å². The van der Waals surface area contributed by atoms with E-state index in [4.69, 9.17) is 4.74 Å². The number of ether oxygens (including phenoxy) is 1. The average molecular weight is 429 g/mol. The van der Waals surface area contributed by atoms with Crippen LogP contribution in [0.5, 0.6) is 5.75 Å². The molecule has 0 saturated carbocycles. The number of Topliss-reactive ketones (excluding diaryl/α,β-unsaturated/α-hetero) is 1. The van der Waals surface area contributed by atoms with Gasteiger partial charge in [0.2, 0.25) is 5.91 Å². The monoisotopic (exact) mass is 428 g/mol. The van der Waals surface area contributed by atoms with Crippen LogP contribution >= 0.6 is 11.3 Å². The van der Waals surface area contributed by atoms with E-state index in [2.05, 4.69) is 4.98 Å². The summed E-state index contributed by atoms with van der Waals surface area (Å²) in [7, 11) is 0. The summed E-state index contributed by atoms with van der Waals surface area (Å²) in [5.41, 5.74) is 1.38. The molecule has 30 heavy (non-hydrogen) atoms. The lowest BCUT2D eigenvalue weighted by Crippen LogP contribution is -2.37. The summed E-state index contributed by atoms with van der Waals surface area (Å²) in [6.45, 7) is 6.88. The highest BCUT2D eigenvalue weighted by Gasteiger charge is 2.30. The summed E-state index contributed by atoms with van der Waals surface area (Å²) in [5, 5.41) is 11.7. The molecule has 0 spiro atoms. The fourth-order valence-corrected chi connectivity index (χ4v) is 4.12. The van der Waals surface area contributed by atoms with E-state index in [1.807, 2.05) is 12.3 Å². The van der Waals surface area contributed by atoms with E-state index in [1.165, 1.54) is 32.1 Å². The lowest BCUT2D eigenvalue weighted by Gasteiger charge is -2.23. The first kappa shape index (κ1) is 21.7. The first-order chi connectivity index (χ1) is 14.1. The van der Waals surface area contributed by atoms with Gasteiger partial charge in [-0.2, -0.15) is 0 Å². The summed E-state index contributed by atoms with van der Waals surface area (Å²) in [4.78, 5) is 42.0. The molecule has 3 rings (SSSR count). The summed E-state index contributed by atoms with van der Waals surface area (Å²) in [6, 6.07) is 5.04. The number of hydrogen-bond donors (Lipinski definition) is 1. The zero-order chi connectivity index (χ0) is 22.1. The second-order valence-electron chi connectivity index (χ2n) is 7.55. The number of aliphatic carboxylic acids is 1. The molecule has 0 bridgehead atoms. The Labute approximate surface area is 179 Å². The van der Waals surface area contributed by atoms with Crippen molar-refractivity contribution in [1.29, 1.82) is 0 Å². The van der Waals surface area contributed by atoms with E-state index < -0.39 is 11.6 Å². The molecule has 1 N–H and O–H groups in total. The Morgan fingerprint density at radius 2 is 2.07 bits per heavy atom. The molecule has 1 amide bonds. The molecule has 1 aliphatic rings. The molecule has 7 nitrogen and oxygen atoms in total. The summed E-state index contributed by atoms with van der Waals surface area (Å²) >= 11 is 1.37. The number of carboxylic acid groups (broad SMARTS) is 1. The fourth-order valence-electron chi connectivity index (χ4n) is 3.23. The number of nitrogens with zero attached hydrogens (tertiary/aromatic N) is 2. The number of aryl methyl sites for hydroxylation is 1. The zero-order valence-corrected chi connectivity index (χ0v) is 18.2. The molecule has 0 atom stereocenters. The molecule has 0 saturated heterocycles. The third-order valence-electron chi connectivity index (χ3n) is 4.92. The van der Waals surface area contributed by atoms with Crippen molar-refractivity contribution < 1.29 is 24.2 Å². The van der Waals surface area contributed by atoms with Crippen molar-refractivity contribution in [3.63, 3.8) is 0 Å². The molecule has 1 aliphatic carbocycles. The van der Waals surface area contributed by atoms with Crippen LogP contribution in [0.25, 0.3) is 6.08 Å². The Balaban J connectivity index is 1.82. The molecular weight excluding hydrogens is 404 g/mol. The van der Waals surface area contributed by atoms with Crippen molar-refractivity contribution in [2.45, 2.75) is 46.1 Å². The number of benzene rings is 1. The van der Waals surface area contributed by atoms with Gasteiger partial charge in [-0.3, -0.25) is 14.5 Å². The molecule has 1 aromatic heterocycles. The predicted molar refractivity (Wildman–Crippen MR) is 115 cm³/mol. The number of allylic oxidation sites excluding steroid dienone is 1. The summed E-state index contributed by atoms with van der Waals surface area (Å²) in [6.07, 6.45) is 2.97. The van der Waals surface area contributed by atoms with Crippen LogP contribution in [0.4, 0.5) is 5.13 Å². The molecule has 0 aliphatic heterocycles. The van der Waals surface area contributed by atoms with Crippen molar-refractivity contribution in [2.75, 3.05) is 11.4 Å². The Morgan fingerprint density at radius 3 is 2.70 bits per heavy atom. The predicted octanol–water partition coefficient (Wildman–Crippen LogP) is 3.97. The van der Waals surface area contributed by atoms with Gasteiger partial charge in [0.1, 0.15) is 5.75 Å². The van der Waals surface area contributed by atoms with Crippen LogP contribution in [-0.4, -0.2) is 39.9 Å². The first-order valence-electron chi connectivity index (χ1n) is 9.66. The van der Waals surface area contributed by atoms with Crippen LogP contribution in [0, 0.1) is 0 Å². The molecule has 1 aromatic carbocycles. The normalized spacial score (nSPS) is 15.1. The van der Waals surface area contributed by atoms with E-state index in [0.717, 1.165) is 5.56 Å². The lowest BCUT2D eigenvalue weighted by molar-refractivity contribution is -0.152. The van der Waals surface area contributed by atoms with Crippen molar-refractivity contribution in [1.82, 2.24) is 4.98 Å². The zero-order valence-electron chi connectivity index (χ0n) is 17.4. The average Bonchev–Trinajstić information content (AvgIpc) is 3.12. The largest absolute Gasteiger partial charge is 0.478 e. The Kier molecular flexibility index (Phi) is 6.07. The highest BCUT2D eigenvalue weighted by molar-refractivity contribution is 7.14. The smallest absolute Gasteiger partial charge is 0.347 e. The van der Waals surface area contributed by atoms with Crippen LogP contribution in [0.3, 0.4) is 0 Å². The lowest BCUT2D eigenvalue weighted by atomic mass is 9.86. The van der Waals surface area contributed by atoms with Gasteiger partial charge in [0.15, 0.2) is 16.5 Å². The minimum Gasteiger partial charge on any atom is -0.478 e. The number of hydrogen-bond acceptors (Lipinski definition) is 6. The number of carbonyl (C=O) groups excluding carboxylic acids is 2. The third kappa shape index (κ3) is 4.43. The van der Waals surface area contributed by atoms with Crippen LogP contribution < -0.4 is 9.64 Å². The molecule has 158 valence electrons. The van der Waals surface area contributed by atoms with Gasteiger partial charge in [-0.15, -0.1) is 11.3 Å². The minimum atomic E-state index is -1.35. The van der Waals surface area contributed by atoms with Gasteiger partial charge < -0.3 is 9.84 Å². The summed E-state index contributed by atoms with van der Waals surface area (Å²) < 4.78 is 5.58. The first-order valence-corrected chi connectivity index (χ1v) is 10.5. The highest BCUT2D eigenvalue weighted by atomic mass is 32.1. The second kappa shape index (κ2) is 8.39. The van der Waals surface area contributed by atoms with Crippen LogP contribution in [-0.2, 0) is 16.0 Å². The Hall–Kier alpha value is -3.00. The number of anilines is 1. The Morgan fingerprint density at radius 1 is 1.33 bits per heavy atom. The van der Waals surface area contributed by atoms with E-state index in [0.29, 0.717) is 47.1 Å². The van der Waals surface area contributed by atoms with Crippen molar-refractivity contribution >= 4 is 40.2 Å². The third-order valence-corrected chi connectivity index (χ3v) is 5.81. The quantitative estimate of drug-likeness (QED) is 0.700. The van der Waals surface area contributed by atoms with Crippen molar-refractivity contribution in [3.8, 4) is 5.75 Å². The van der Waals surface area contributed by atoms with Crippen molar-refractivity contribution in [3.05, 3.63) is 46.0 Å². The molecule has 8 heteroatoms. The fraction of sp³-hybridized carbons (Fsp3) is 0.364. The number of rotatable bonds is 6. The van der Waals surface area contributed by atoms with Gasteiger partial charge in [0.05, 0.1) is 5.69 Å². The van der Waals surface area contributed by atoms with E-state index in [-0.39, 0.29) is 11.7 Å². The van der Waals surface area contributed by atoms with Gasteiger partial charge in [0, 0.05) is 30.0 Å². The van der Waals surface area contributed by atoms with Gasteiger partial charge in [-0.1, -0.05) is 0 Å². The SMILES string of the molecule is CCN(C(C)=O)c1nc(/C=C2/CCc3cc(OC(C)(C)C(=O)O)ccc3C2=O)cs1. The van der Waals surface area contributed by atoms with Crippen LogP contribution in [0.1, 0.15) is 55.7 Å². The van der Waals surface area contributed by atoms with Gasteiger partial charge in [-0.05, 0) is 63.5 Å². The summed E-state index contributed by atoms with van der Waals surface area (Å²) in [5.74, 6) is -0.781. The van der Waals surface area contributed by atoms with E-state index in [1.54, 1.807) is 29.2 Å². The number of thiazole rings is 1. The molecule has 2 aromatic rings. The van der Waals surface area contributed by atoms with Gasteiger partial charge in [-0.25, -0.2) is 9.78 Å². The van der Waals surface area contributed by atoms with E-state index >= 15 is 0 Å². The highest BCUT2D eigenvalue weighted by Crippen LogP contribution is 2.31. The number of ketones is 1.